The van der Waals surface area contributed by atoms with Gasteiger partial charge in [0.15, 0.2) is 0 Å². The summed E-state index contributed by atoms with van der Waals surface area (Å²) in [6, 6.07) is 0.384. The lowest BCUT2D eigenvalue weighted by molar-refractivity contribution is -0.150. The van der Waals surface area contributed by atoms with Gasteiger partial charge in [0.2, 0.25) is 0 Å². The molecule has 1 N–H and O–H groups in total. The predicted octanol–water partition coefficient (Wildman–Crippen LogP) is 2.26. The molecule has 1 aliphatic carbocycles. The highest BCUT2D eigenvalue weighted by Crippen LogP contribution is 2.28. The molecule has 2 fully saturated rings. The fraction of sp³-hybridized carbons (Fsp3) is 0.917. The molecular weight excluding hydrogens is 190 g/mol. The Hall–Kier alpha value is -0.570. The molecule has 1 unspecified atom stereocenters. The van der Waals surface area contributed by atoms with Gasteiger partial charge >= 0.3 is 5.97 Å². The van der Waals surface area contributed by atoms with Gasteiger partial charge in [0.25, 0.3) is 0 Å². The van der Waals surface area contributed by atoms with Crippen LogP contribution in [0.2, 0.25) is 0 Å². The number of carboxylic acids is 1. The first-order valence-corrected chi connectivity index (χ1v) is 6.27. The van der Waals surface area contributed by atoms with Crippen molar-refractivity contribution in [1.29, 1.82) is 0 Å². The Balaban J connectivity index is 1.87. The topological polar surface area (TPSA) is 40.5 Å². The minimum absolute atomic E-state index is 0.172. The third-order valence-electron chi connectivity index (χ3n) is 3.89. The second-order valence-corrected chi connectivity index (χ2v) is 4.88. The Morgan fingerprint density at radius 3 is 2.07 bits per heavy atom. The fourth-order valence-corrected chi connectivity index (χ4v) is 2.88. The van der Waals surface area contributed by atoms with Gasteiger partial charge in [0.05, 0.1) is 0 Å². The van der Waals surface area contributed by atoms with Crippen LogP contribution < -0.4 is 0 Å². The minimum atomic E-state index is -0.622. The lowest BCUT2D eigenvalue weighted by Gasteiger charge is -2.44. The van der Waals surface area contributed by atoms with Crippen LogP contribution in [0.15, 0.2) is 0 Å². The summed E-state index contributed by atoms with van der Waals surface area (Å²) < 4.78 is 0. The molecule has 3 nitrogen and oxygen atoms in total. The summed E-state index contributed by atoms with van der Waals surface area (Å²) in [6.07, 6.45) is 9.89. The van der Waals surface area contributed by atoms with E-state index in [1.54, 1.807) is 0 Å². The Labute approximate surface area is 91.5 Å². The molecule has 0 radical (unpaired) electrons. The molecule has 0 bridgehead atoms. The van der Waals surface area contributed by atoms with Gasteiger partial charge in [-0.3, -0.25) is 9.69 Å². The molecule has 0 aromatic heterocycles. The summed E-state index contributed by atoms with van der Waals surface area (Å²) in [5, 5.41) is 9.02. The van der Waals surface area contributed by atoms with Crippen molar-refractivity contribution >= 4 is 5.97 Å². The molecule has 3 heteroatoms. The van der Waals surface area contributed by atoms with E-state index in [-0.39, 0.29) is 6.04 Å². The van der Waals surface area contributed by atoms with Crippen molar-refractivity contribution in [2.24, 2.45) is 0 Å². The SMILES string of the molecule is O=C(O)C1CCN1C1CCCCCCC1. The molecule has 0 aromatic rings. The number of rotatable bonds is 2. The van der Waals surface area contributed by atoms with Gasteiger partial charge in [0.1, 0.15) is 6.04 Å². The molecule has 1 saturated carbocycles. The molecule has 0 amide bonds. The number of likely N-dealkylation sites (tertiary alicyclic amines) is 1. The predicted molar refractivity (Wildman–Crippen MR) is 58.9 cm³/mol. The zero-order valence-electron chi connectivity index (χ0n) is 9.32. The second kappa shape index (κ2) is 4.97. The first-order chi connectivity index (χ1) is 7.29. The summed E-state index contributed by atoms with van der Waals surface area (Å²) in [6.45, 7) is 1.00. The van der Waals surface area contributed by atoms with Crippen molar-refractivity contribution in [3.63, 3.8) is 0 Å². The number of carboxylic acid groups (broad SMARTS) is 1. The van der Waals surface area contributed by atoms with Gasteiger partial charge in [-0.25, -0.2) is 0 Å². The van der Waals surface area contributed by atoms with E-state index >= 15 is 0 Å². The van der Waals surface area contributed by atoms with Crippen molar-refractivity contribution in [2.75, 3.05) is 6.54 Å². The fourth-order valence-electron chi connectivity index (χ4n) is 2.88. The third kappa shape index (κ3) is 2.51. The van der Waals surface area contributed by atoms with E-state index in [4.69, 9.17) is 5.11 Å². The normalized spacial score (nSPS) is 30.3. The molecule has 1 aliphatic heterocycles. The number of aliphatic carboxylic acids is 1. The Kier molecular flexibility index (Phi) is 3.62. The van der Waals surface area contributed by atoms with E-state index in [9.17, 15) is 4.79 Å². The van der Waals surface area contributed by atoms with E-state index in [0.29, 0.717) is 6.04 Å². The van der Waals surface area contributed by atoms with Gasteiger partial charge in [0, 0.05) is 12.6 Å². The largest absolute Gasteiger partial charge is 0.480 e. The highest BCUT2D eigenvalue weighted by atomic mass is 16.4. The summed E-state index contributed by atoms with van der Waals surface area (Å²) in [4.78, 5) is 13.2. The molecule has 2 aliphatic rings. The first kappa shape index (κ1) is 10.9. The maximum atomic E-state index is 10.9. The Morgan fingerprint density at radius 2 is 1.60 bits per heavy atom. The van der Waals surface area contributed by atoms with Crippen LogP contribution >= 0.6 is 0 Å². The van der Waals surface area contributed by atoms with Gasteiger partial charge in [-0.05, 0) is 19.3 Å². The summed E-state index contributed by atoms with van der Waals surface area (Å²) in [5.41, 5.74) is 0. The van der Waals surface area contributed by atoms with Crippen molar-refractivity contribution in [1.82, 2.24) is 4.90 Å². The number of nitrogens with zero attached hydrogens (tertiary/aromatic N) is 1. The zero-order chi connectivity index (χ0) is 10.7. The van der Waals surface area contributed by atoms with Crippen LogP contribution in [0.25, 0.3) is 0 Å². The summed E-state index contributed by atoms with van der Waals surface area (Å²) in [5.74, 6) is -0.622. The van der Waals surface area contributed by atoms with Crippen molar-refractivity contribution in [3.05, 3.63) is 0 Å². The molecule has 2 rings (SSSR count). The molecule has 86 valence electrons. The molecule has 1 heterocycles. The van der Waals surface area contributed by atoms with Gasteiger partial charge in [-0.15, -0.1) is 0 Å². The van der Waals surface area contributed by atoms with Crippen LogP contribution in [0.3, 0.4) is 0 Å². The quantitative estimate of drug-likeness (QED) is 0.761. The van der Waals surface area contributed by atoms with E-state index < -0.39 is 5.97 Å². The number of carbonyl (C=O) groups is 1. The standard InChI is InChI=1S/C12H21NO2/c14-12(15)11-8-9-13(11)10-6-4-2-1-3-5-7-10/h10-11H,1-9H2,(H,14,15). The second-order valence-electron chi connectivity index (χ2n) is 4.88. The molecule has 0 spiro atoms. The maximum Gasteiger partial charge on any atom is 0.320 e. The first-order valence-electron chi connectivity index (χ1n) is 6.27. The van der Waals surface area contributed by atoms with Crippen molar-refractivity contribution in [2.45, 2.75) is 63.5 Å². The Morgan fingerprint density at radius 1 is 1.00 bits per heavy atom. The molecule has 15 heavy (non-hydrogen) atoms. The minimum Gasteiger partial charge on any atom is -0.480 e. The lowest BCUT2D eigenvalue weighted by Crippen LogP contribution is -2.56. The third-order valence-corrected chi connectivity index (χ3v) is 3.89. The summed E-state index contributed by atoms with van der Waals surface area (Å²) in [7, 11) is 0. The van der Waals surface area contributed by atoms with E-state index in [1.807, 2.05) is 0 Å². The zero-order valence-corrected chi connectivity index (χ0v) is 9.32. The van der Waals surface area contributed by atoms with Crippen LogP contribution in [0, 0.1) is 0 Å². The van der Waals surface area contributed by atoms with Crippen LogP contribution in [-0.4, -0.2) is 34.6 Å². The van der Waals surface area contributed by atoms with Gasteiger partial charge in [-0.2, -0.15) is 0 Å². The summed E-state index contributed by atoms with van der Waals surface area (Å²) >= 11 is 0. The molecular formula is C12H21NO2. The van der Waals surface area contributed by atoms with Crippen molar-refractivity contribution < 1.29 is 9.90 Å². The molecule has 1 atom stereocenters. The number of hydrogen-bond donors (Lipinski definition) is 1. The molecule has 0 aromatic carbocycles. The average Bonchev–Trinajstić information content (AvgIpc) is 2.05. The lowest BCUT2D eigenvalue weighted by atomic mass is 9.91. The van der Waals surface area contributed by atoms with Gasteiger partial charge < -0.3 is 5.11 Å². The number of hydrogen-bond acceptors (Lipinski definition) is 2. The highest BCUT2D eigenvalue weighted by Gasteiger charge is 2.38. The van der Waals surface area contributed by atoms with Crippen molar-refractivity contribution in [3.8, 4) is 0 Å². The smallest absolute Gasteiger partial charge is 0.320 e. The van der Waals surface area contributed by atoms with E-state index in [1.165, 1.54) is 44.9 Å². The molecule has 1 saturated heterocycles. The monoisotopic (exact) mass is 211 g/mol. The van der Waals surface area contributed by atoms with Gasteiger partial charge in [-0.1, -0.05) is 32.1 Å². The maximum absolute atomic E-state index is 10.9. The van der Waals surface area contributed by atoms with Crippen LogP contribution in [-0.2, 0) is 4.79 Å². The van der Waals surface area contributed by atoms with E-state index in [0.717, 1.165) is 13.0 Å². The van der Waals surface area contributed by atoms with Crippen LogP contribution in [0.5, 0.6) is 0 Å². The average molecular weight is 211 g/mol. The Bertz CT molecular complexity index is 222. The van der Waals surface area contributed by atoms with Crippen LogP contribution in [0.4, 0.5) is 0 Å². The van der Waals surface area contributed by atoms with Crippen LogP contribution in [0.1, 0.15) is 51.4 Å². The van der Waals surface area contributed by atoms with E-state index in [2.05, 4.69) is 4.90 Å². The highest BCUT2D eigenvalue weighted by molar-refractivity contribution is 5.74.